The minimum atomic E-state index is -4.96. The van der Waals surface area contributed by atoms with E-state index in [-0.39, 0.29) is 36.6 Å². The van der Waals surface area contributed by atoms with E-state index in [1.807, 2.05) is 60.7 Å². The molecule has 5 rings (SSSR count). The number of H-pyrrole nitrogens is 1. The Bertz CT molecular complexity index is 1580. The van der Waals surface area contributed by atoms with Crippen LogP contribution in [0.1, 0.15) is 65.6 Å². The van der Waals surface area contributed by atoms with Gasteiger partial charge in [-0.25, -0.2) is 9.89 Å². The first-order valence-corrected chi connectivity index (χ1v) is 14.3. The van der Waals surface area contributed by atoms with Gasteiger partial charge in [0.05, 0.1) is 42.0 Å². The van der Waals surface area contributed by atoms with Crippen molar-refractivity contribution in [3.63, 3.8) is 0 Å². The average Bonchev–Trinajstić information content (AvgIpc) is 3.39. The molecule has 0 saturated carbocycles. The Morgan fingerprint density at radius 3 is 2.13 bits per heavy atom. The SMILES string of the molecule is CC(OCC1(c2ccccc2)CCC(n2c(COCc3ccccc3)n[nH]c2=O)CN1)c1cc(C(F)(F)F)cc(C(F)(F)F)c1. The second-order valence-electron chi connectivity index (χ2n) is 11.1. The summed E-state index contributed by atoms with van der Waals surface area (Å²) in [6.07, 6.45) is -10.0. The van der Waals surface area contributed by atoms with Gasteiger partial charge in [0, 0.05) is 6.54 Å². The normalized spacial score (nSPS) is 19.8. The van der Waals surface area contributed by atoms with Crippen molar-refractivity contribution < 1.29 is 35.8 Å². The van der Waals surface area contributed by atoms with Crippen LogP contribution in [-0.4, -0.2) is 27.9 Å². The van der Waals surface area contributed by atoms with Gasteiger partial charge in [-0.15, -0.1) is 0 Å². The molecule has 1 aromatic heterocycles. The number of benzene rings is 3. The quantitative estimate of drug-likeness (QED) is 0.185. The lowest BCUT2D eigenvalue weighted by molar-refractivity contribution is -0.143. The molecule has 240 valence electrons. The number of halogens is 6. The summed E-state index contributed by atoms with van der Waals surface area (Å²) in [5.74, 6) is 0.435. The summed E-state index contributed by atoms with van der Waals surface area (Å²) in [6, 6.07) is 20.0. The van der Waals surface area contributed by atoms with E-state index in [0.717, 1.165) is 11.1 Å². The maximum absolute atomic E-state index is 13.5. The number of piperidine rings is 1. The zero-order valence-electron chi connectivity index (χ0n) is 24.3. The van der Waals surface area contributed by atoms with Gasteiger partial charge in [-0.3, -0.25) is 4.57 Å². The Kier molecular flexibility index (Phi) is 9.52. The van der Waals surface area contributed by atoms with Crippen molar-refractivity contribution in [3.05, 3.63) is 123 Å². The van der Waals surface area contributed by atoms with Gasteiger partial charge in [0.2, 0.25) is 0 Å². The first-order chi connectivity index (χ1) is 21.4. The van der Waals surface area contributed by atoms with Crippen LogP contribution in [0.4, 0.5) is 26.3 Å². The Hall–Kier alpha value is -3.94. The maximum atomic E-state index is 13.5. The number of nitrogens with one attached hydrogen (secondary N) is 2. The Morgan fingerprint density at radius 2 is 1.56 bits per heavy atom. The molecule has 2 heterocycles. The molecule has 0 radical (unpaired) electrons. The molecule has 1 aliphatic heterocycles. The van der Waals surface area contributed by atoms with Crippen molar-refractivity contribution in [1.82, 2.24) is 20.1 Å². The minimum Gasteiger partial charge on any atom is -0.372 e. The maximum Gasteiger partial charge on any atom is 0.416 e. The number of aromatic amines is 1. The first kappa shape index (κ1) is 32.5. The van der Waals surface area contributed by atoms with Crippen LogP contribution in [0.25, 0.3) is 0 Å². The number of aromatic nitrogens is 3. The van der Waals surface area contributed by atoms with E-state index in [9.17, 15) is 31.1 Å². The van der Waals surface area contributed by atoms with E-state index >= 15 is 0 Å². The molecular weight excluding hydrogens is 602 g/mol. The van der Waals surface area contributed by atoms with Crippen LogP contribution in [0.3, 0.4) is 0 Å². The first-order valence-electron chi connectivity index (χ1n) is 14.3. The zero-order chi connectivity index (χ0) is 32.2. The predicted octanol–water partition coefficient (Wildman–Crippen LogP) is 6.92. The van der Waals surface area contributed by atoms with E-state index in [2.05, 4.69) is 15.5 Å². The number of alkyl halides is 6. The van der Waals surface area contributed by atoms with Crippen molar-refractivity contribution in [3.8, 4) is 0 Å². The summed E-state index contributed by atoms with van der Waals surface area (Å²) in [4.78, 5) is 12.7. The third kappa shape index (κ3) is 7.66. The highest BCUT2D eigenvalue weighted by molar-refractivity contribution is 5.35. The fourth-order valence-electron chi connectivity index (χ4n) is 5.57. The smallest absolute Gasteiger partial charge is 0.372 e. The van der Waals surface area contributed by atoms with Gasteiger partial charge in [0.1, 0.15) is 6.61 Å². The average molecular weight is 635 g/mol. The molecule has 13 heteroatoms. The molecule has 0 bridgehead atoms. The van der Waals surface area contributed by atoms with Gasteiger partial charge in [-0.1, -0.05) is 60.7 Å². The van der Waals surface area contributed by atoms with Gasteiger partial charge >= 0.3 is 18.0 Å². The van der Waals surface area contributed by atoms with E-state index in [0.29, 0.717) is 44.0 Å². The minimum absolute atomic E-state index is 0.0458. The zero-order valence-corrected chi connectivity index (χ0v) is 24.3. The van der Waals surface area contributed by atoms with Crippen LogP contribution in [0.5, 0.6) is 0 Å². The van der Waals surface area contributed by atoms with E-state index in [4.69, 9.17) is 9.47 Å². The molecule has 3 unspecified atom stereocenters. The lowest BCUT2D eigenvalue weighted by atomic mass is 9.81. The van der Waals surface area contributed by atoms with Gasteiger partial charge in [-0.2, -0.15) is 31.4 Å². The standard InChI is InChI=1S/C32H32F6N4O3/c1-21(23-14-25(31(33,34)35)16-26(15-23)32(36,37)38)45-20-30(24-10-6-3-7-11-24)13-12-27(17-39-30)42-28(40-41-29(42)43)19-44-18-22-8-4-2-5-9-22/h2-11,14-16,21,27,39H,12-13,17-20H2,1H3,(H,41,43). The van der Waals surface area contributed by atoms with Crippen molar-refractivity contribution >= 4 is 0 Å². The molecule has 3 aromatic carbocycles. The van der Waals surface area contributed by atoms with Crippen LogP contribution in [-0.2, 0) is 40.6 Å². The molecule has 0 spiro atoms. The van der Waals surface area contributed by atoms with Crippen LogP contribution in [0, 0.1) is 0 Å². The lowest BCUT2D eigenvalue weighted by Crippen LogP contribution is -2.53. The Balaban J connectivity index is 1.32. The second-order valence-corrected chi connectivity index (χ2v) is 11.1. The topological polar surface area (TPSA) is 81.2 Å². The van der Waals surface area contributed by atoms with Crippen molar-refractivity contribution in [2.45, 2.75) is 63.0 Å². The molecule has 3 atom stereocenters. The van der Waals surface area contributed by atoms with Crippen molar-refractivity contribution in [2.75, 3.05) is 13.2 Å². The molecule has 4 aromatic rings. The third-order valence-corrected chi connectivity index (χ3v) is 8.05. The van der Waals surface area contributed by atoms with E-state index in [1.54, 1.807) is 4.57 Å². The number of nitrogens with zero attached hydrogens (tertiary/aromatic N) is 2. The number of hydrogen-bond acceptors (Lipinski definition) is 5. The van der Waals surface area contributed by atoms with Gasteiger partial charge < -0.3 is 14.8 Å². The van der Waals surface area contributed by atoms with Crippen LogP contribution in [0.2, 0.25) is 0 Å². The van der Waals surface area contributed by atoms with Gasteiger partial charge in [0.15, 0.2) is 5.82 Å². The van der Waals surface area contributed by atoms with Crippen LogP contribution in [0.15, 0.2) is 83.7 Å². The highest BCUT2D eigenvalue weighted by atomic mass is 19.4. The predicted molar refractivity (Wildman–Crippen MR) is 153 cm³/mol. The lowest BCUT2D eigenvalue weighted by Gasteiger charge is -2.42. The molecule has 45 heavy (non-hydrogen) atoms. The molecule has 0 amide bonds. The Labute approximate surface area is 255 Å². The summed E-state index contributed by atoms with van der Waals surface area (Å²) in [5.41, 5.74) is -2.43. The van der Waals surface area contributed by atoms with Crippen LogP contribution < -0.4 is 11.0 Å². The summed E-state index contributed by atoms with van der Waals surface area (Å²) >= 11 is 0. The highest BCUT2D eigenvalue weighted by Gasteiger charge is 2.40. The van der Waals surface area contributed by atoms with Gasteiger partial charge in [0.25, 0.3) is 0 Å². The number of ether oxygens (including phenoxy) is 2. The summed E-state index contributed by atoms with van der Waals surface area (Å²) < 4.78 is 94.1. The Morgan fingerprint density at radius 1 is 0.933 bits per heavy atom. The van der Waals surface area contributed by atoms with Gasteiger partial charge in [-0.05, 0) is 54.7 Å². The molecule has 7 nitrogen and oxygen atoms in total. The molecule has 1 aliphatic rings. The summed E-state index contributed by atoms with van der Waals surface area (Å²) in [5, 5.41) is 10.1. The van der Waals surface area contributed by atoms with Crippen LogP contribution >= 0.6 is 0 Å². The monoisotopic (exact) mass is 634 g/mol. The summed E-state index contributed by atoms with van der Waals surface area (Å²) in [7, 11) is 0. The largest absolute Gasteiger partial charge is 0.416 e. The van der Waals surface area contributed by atoms with E-state index in [1.165, 1.54) is 6.92 Å². The number of hydrogen-bond donors (Lipinski definition) is 2. The number of rotatable bonds is 10. The molecule has 1 saturated heterocycles. The molecule has 0 aliphatic carbocycles. The highest BCUT2D eigenvalue weighted by Crippen LogP contribution is 2.39. The van der Waals surface area contributed by atoms with E-state index < -0.39 is 35.1 Å². The molecule has 2 N–H and O–H groups in total. The van der Waals surface area contributed by atoms with Crippen molar-refractivity contribution in [1.29, 1.82) is 0 Å². The molecule has 1 fully saturated rings. The fourth-order valence-corrected chi connectivity index (χ4v) is 5.57. The summed E-state index contributed by atoms with van der Waals surface area (Å²) in [6.45, 7) is 2.14. The molecular formula is C32H32F6N4O3. The third-order valence-electron chi connectivity index (χ3n) is 8.05. The second kappa shape index (κ2) is 13.2. The fraction of sp³-hybridized carbons (Fsp3) is 0.375. The van der Waals surface area contributed by atoms with Crippen molar-refractivity contribution in [2.24, 2.45) is 0 Å².